The van der Waals surface area contributed by atoms with Gasteiger partial charge >= 0.3 is 6.18 Å². The second-order valence-corrected chi connectivity index (χ2v) is 7.53. The number of carbonyl (C=O) groups is 1. The van der Waals surface area contributed by atoms with Crippen molar-refractivity contribution in [2.24, 2.45) is 0 Å². The molecular formula is C23H15F4N7O2. The molecule has 13 heteroatoms. The molecule has 0 saturated heterocycles. The number of alkyl halides is 3. The first-order valence-electron chi connectivity index (χ1n) is 10.3. The number of H-pyrrole nitrogens is 1. The first-order valence-corrected chi connectivity index (χ1v) is 10.3. The Morgan fingerprint density at radius 3 is 2.61 bits per heavy atom. The summed E-state index contributed by atoms with van der Waals surface area (Å²) in [5, 5.41) is 13.5. The minimum absolute atomic E-state index is 0.104. The van der Waals surface area contributed by atoms with Crippen LogP contribution in [0.4, 0.5) is 23.2 Å². The number of benzene rings is 2. The van der Waals surface area contributed by atoms with E-state index in [2.05, 4.69) is 30.6 Å². The standard InChI is InChI=1S/C23H15F4N7O2/c1-36-19-8-7-18(32-33-19)34-20(23(25,26)27)15(11-28-34)22(35)29-14-5-6-16-17(10-14)31-21(30-16)12-3-2-4-13(24)9-12/h2-11H,1H3,(H,29,35)(H,30,31). The number of imidazole rings is 1. The largest absolute Gasteiger partial charge is 0.480 e. The lowest BCUT2D eigenvalue weighted by molar-refractivity contribution is -0.143. The molecule has 3 heterocycles. The minimum Gasteiger partial charge on any atom is -0.480 e. The Morgan fingerprint density at radius 2 is 1.92 bits per heavy atom. The fraction of sp³-hybridized carbons (Fsp3) is 0.0870. The molecule has 0 bridgehead atoms. The van der Waals surface area contributed by atoms with Gasteiger partial charge in [0.25, 0.3) is 5.91 Å². The molecule has 0 spiro atoms. The second kappa shape index (κ2) is 8.76. The lowest BCUT2D eigenvalue weighted by Gasteiger charge is -2.12. The number of amides is 1. The van der Waals surface area contributed by atoms with E-state index in [0.29, 0.717) is 27.1 Å². The SMILES string of the molecule is COc1ccc(-n2ncc(C(=O)Nc3ccc4nc(-c5cccc(F)c5)[nH]c4c3)c2C(F)(F)F)nn1. The highest BCUT2D eigenvalue weighted by atomic mass is 19.4. The molecule has 0 saturated carbocycles. The van der Waals surface area contributed by atoms with Crippen LogP contribution in [0.5, 0.6) is 5.88 Å². The van der Waals surface area contributed by atoms with Crippen molar-refractivity contribution < 1.29 is 27.1 Å². The number of fused-ring (bicyclic) bond motifs is 1. The quantitative estimate of drug-likeness (QED) is 0.343. The molecule has 182 valence electrons. The fourth-order valence-corrected chi connectivity index (χ4v) is 3.55. The van der Waals surface area contributed by atoms with Gasteiger partial charge in [0.05, 0.1) is 29.9 Å². The summed E-state index contributed by atoms with van der Waals surface area (Å²) in [6.07, 6.45) is -4.11. The van der Waals surface area contributed by atoms with Crippen molar-refractivity contribution in [2.75, 3.05) is 12.4 Å². The summed E-state index contributed by atoms with van der Waals surface area (Å²) in [4.78, 5) is 20.2. The summed E-state index contributed by atoms with van der Waals surface area (Å²) < 4.78 is 60.7. The van der Waals surface area contributed by atoms with Gasteiger partial charge in [0.1, 0.15) is 11.6 Å². The predicted molar refractivity (Wildman–Crippen MR) is 120 cm³/mol. The third kappa shape index (κ3) is 4.33. The molecule has 0 atom stereocenters. The van der Waals surface area contributed by atoms with E-state index in [1.165, 1.54) is 43.5 Å². The molecule has 5 aromatic rings. The maximum atomic E-state index is 13.9. The fourth-order valence-electron chi connectivity index (χ4n) is 3.55. The third-order valence-electron chi connectivity index (χ3n) is 5.17. The molecule has 36 heavy (non-hydrogen) atoms. The molecule has 2 N–H and O–H groups in total. The molecule has 1 amide bonds. The third-order valence-corrected chi connectivity index (χ3v) is 5.17. The van der Waals surface area contributed by atoms with E-state index in [1.807, 2.05) is 0 Å². The summed E-state index contributed by atoms with van der Waals surface area (Å²) >= 11 is 0. The number of ether oxygens (including phenoxy) is 1. The lowest BCUT2D eigenvalue weighted by Crippen LogP contribution is -2.21. The van der Waals surface area contributed by atoms with Gasteiger partial charge in [-0.1, -0.05) is 12.1 Å². The maximum absolute atomic E-state index is 13.9. The summed E-state index contributed by atoms with van der Waals surface area (Å²) in [6.45, 7) is 0. The zero-order valence-electron chi connectivity index (χ0n) is 18.3. The first-order chi connectivity index (χ1) is 17.2. The number of methoxy groups -OCH3 is 1. The van der Waals surface area contributed by atoms with Crippen LogP contribution >= 0.6 is 0 Å². The summed E-state index contributed by atoms with van der Waals surface area (Å²) in [5.41, 5.74) is -0.269. The molecule has 2 aromatic carbocycles. The predicted octanol–water partition coefficient (Wildman–Crippen LogP) is 4.62. The van der Waals surface area contributed by atoms with Gasteiger partial charge in [-0.25, -0.2) is 14.1 Å². The van der Waals surface area contributed by atoms with Crippen LogP contribution in [0.3, 0.4) is 0 Å². The van der Waals surface area contributed by atoms with E-state index in [4.69, 9.17) is 4.74 Å². The van der Waals surface area contributed by atoms with Crippen molar-refractivity contribution in [3.05, 3.63) is 77.9 Å². The number of nitrogens with one attached hydrogen (secondary N) is 2. The molecule has 5 rings (SSSR count). The second-order valence-electron chi connectivity index (χ2n) is 7.53. The molecule has 0 radical (unpaired) electrons. The van der Waals surface area contributed by atoms with Crippen molar-refractivity contribution in [1.82, 2.24) is 29.9 Å². The zero-order chi connectivity index (χ0) is 25.4. The molecule has 0 aliphatic rings. The number of hydrogen-bond acceptors (Lipinski definition) is 6. The molecule has 0 aliphatic carbocycles. The van der Waals surface area contributed by atoms with Gasteiger partial charge in [0, 0.05) is 17.3 Å². The van der Waals surface area contributed by atoms with Crippen LogP contribution in [0.1, 0.15) is 16.1 Å². The highest BCUT2D eigenvalue weighted by Gasteiger charge is 2.41. The van der Waals surface area contributed by atoms with E-state index in [-0.39, 0.29) is 17.4 Å². The molecule has 0 fully saturated rings. The Labute approximate surface area is 199 Å². The normalized spacial score (nSPS) is 11.6. The molecular weight excluding hydrogens is 482 g/mol. The van der Waals surface area contributed by atoms with Crippen LogP contribution in [0.15, 0.2) is 60.8 Å². The minimum atomic E-state index is -4.92. The van der Waals surface area contributed by atoms with Crippen LogP contribution in [0.25, 0.3) is 28.2 Å². The number of hydrogen-bond donors (Lipinski definition) is 2. The Kier molecular flexibility index (Phi) is 5.59. The van der Waals surface area contributed by atoms with Crippen LogP contribution in [0.2, 0.25) is 0 Å². The van der Waals surface area contributed by atoms with Crippen LogP contribution in [-0.2, 0) is 6.18 Å². The van der Waals surface area contributed by atoms with Crippen molar-refractivity contribution in [3.63, 3.8) is 0 Å². The lowest BCUT2D eigenvalue weighted by atomic mass is 10.2. The average molecular weight is 497 g/mol. The Bertz CT molecular complexity index is 1580. The van der Waals surface area contributed by atoms with Gasteiger partial charge in [-0.05, 0) is 36.4 Å². The van der Waals surface area contributed by atoms with Crippen molar-refractivity contribution in [3.8, 4) is 23.1 Å². The number of halogens is 4. The highest BCUT2D eigenvalue weighted by Crippen LogP contribution is 2.34. The monoisotopic (exact) mass is 497 g/mol. The highest BCUT2D eigenvalue weighted by molar-refractivity contribution is 6.05. The Morgan fingerprint density at radius 1 is 1.08 bits per heavy atom. The summed E-state index contributed by atoms with van der Waals surface area (Å²) in [7, 11) is 1.34. The summed E-state index contributed by atoms with van der Waals surface area (Å²) in [6, 6.07) is 13.0. The van der Waals surface area contributed by atoms with Gasteiger partial charge in [0.2, 0.25) is 5.88 Å². The van der Waals surface area contributed by atoms with Crippen molar-refractivity contribution in [2.45, 2.75) is 6.18 Å². The van der Waals surface area contributed by atoms with Gasteiger partial charge in [-0.2, -0.15) is 18.3 Å². The number of anilines is 1. The van der Waals surface area contributed by atoms with E-state index in [0.717, 1.165) is 6.20 Å². The summed E-state index contributed by atoms with van der Waals surface area (Å²) in [5.74, 6) is -1.20. The number of aromatic amines is 1. The smallest absolute Gasteiger partial charge is 0.434 e. The van der Waals surface area contributed by atoms with Crippen molar-refractivity contribution >= 4 is 22.6 Å². The van der Waals surface area contributed by atoms with Gasteiger partial charge < -0.3 is 15.0 Å². The number of rotatable bonds is 5. The molecule has 0 unspecified atom stereocenters. The van der Waals surface area contributed by atoms with Gasteiger partial charge in [0.15, 0.2) is 11.5 Å². The Hall–Kier alpha value is -4.81. The van der Waals surface area contributed by atoms with Crippen LogP contribution in [-0.4, -0.2) is 43.0 Å². The van der Waals surface area contributed by atoms with Gasteiger partial charge in [-0.3, -0.25) is 4.79 Å². The Balaban J connectivity index is 1.45. The molecule has 9 nitrogen and oxygen atoms in total. The number of aromatic nitrogens is 6. The maximum Gasteiger partial charge on any atom is 0.434 e. The molecule has 3 aromatic heterocycles. The number of carbonyl (C=O) groups excluding carboxylic acids is 1. The van der Waals surface area contributed by atoms with Crippen molar-refractivity contribution in [1.29, 1.82) is 0 Å². The topological polar surface area (TPSA) is 111 Å². The number of nitrogens with zero attached hydrogens (tertiary/aromatic N) is 5. The van der Waals surface area contributed by atoms with Crippen LogP contribution < -0.4 is 10.1 Å². The van der Waals surface area contributed by atoms with Crippen LogP contribution in [0, 0.1) is 5.82 Å². The average Bonchev–Trinajstić information content (AvgIpc) is 3.49. The first kappa shape index (κ1) is 23.0. The van der Waals surface area contributed by atoms with Gasteiger partial charge in [-0.15, -0.1) is 10.2 Å². The van der Waals surface area contributed by atoms with E-state index >= 15 is 0 Å². The van der Waals surface area contributed by atoms with E-state index < -0.39 is 29.2 Å². The van der Waals surface area contributed by atoms with E-state index in [9.17, 15) is 22.4 Å². The zero-order valence-corrected chi connectivity index (χ0v) is 18.3. The molecule has 0 aliphatic heterocycles. The van der Waals surface area contributed by atoms with E-state index in [1.54, 1.807) is 18.2 Å².